The van der Waals surface area contributed by atoms with E-state index >= 15 is 0 Å². The Morgan fingerprint density at radius 1 is 1.31 bits per heavy atom. The number of likely N-dealkylation sites (tertiary alicyclic amines) is 1. The number of rotatable bonds is 1. The summed E-state index contributed by atoms with van der Waals surface area (Å²) in [7, 11) is 0. The molecule has 0 radical (unpaired) electrons. The average molecular weight is 215 g/mol. The molecular weight excluding hydrogens is 198 g/mol. The molecule has 0 aromatic heterocycles. The predicted octanol–water partition coefficient (Wildman–Crippen LogP) is 2.79. The lowest BCUT2D eigenvalue weighted by molar-refractivity contribution is 0.0752. The quantitative estimate of drug-likeness (QED) is 0.660. The highest BCUT2D eigenvalue weighted by Crippen LogP contribution is 2.16. The van der Waals surface area contributed by atoms with Crippen molar-refractivity contribution in [3.63, 3.8) is 0 Å². The fraction of sp³-hybridized carbons (Fsp3) is 0.357. The summed E-state index contributed by atoms with van der Waals surface area (Å²) in [5.41, 5.74) is 3.12. The molecule has 0 N–H and O–H groups in total. The van der Waals surface area contributed by atoms with Gasteiger partial charge in [0, 0.05) is 18.7 Å². The summed E-state index contributed by atoms with van der Waals surface area (Å²) < 4.78 is 0. The maximum absolute atomic E-state index is 12.1. The molecule has 1 aromatic rings. The second-order valence-electron chi connectivity index (χ2n) is 4.45. The standard InChI is InChI=1S/C14H17NO/c1-11-5-7-13(8-6-11)14(16)15-9-3-4-12(2)10-15/h5-8H,2-4,9-10H2,1H3. The summed E-state index contributed by atoms with van der Waals surface area (Å²) in [6, 6.07) is 7.75. The van der Waals surface area contributed by atoms with Crippen molar-refractivity contribution in [2.24, 2.45) is 0 Å². The van der Waals surface area contributed by atoms with Gasteiger partial charge < -0.3 is 4.90 Å². The highest BCUT2D eigenvalue weighted by Gasteiger charge is 2.19. The molecule has 0 spiro atoms. The Kier molecular flexibility index (Phi) is 3.09. The smallest absolute Gasteiger partial charge is 0.254 e. The topological polar surface area (TPSA) is 20.3 Å². The third kappa shape index (κ3) is 2.32. The van der Waals surface area contributed by atoms with Crippen molar-refractivity contribution in [2.45, 2.75) is 19.8 Å². The van der Waals surface area contributed by atoms with Crippen LogP contribution in [0, 0.1) is 6.92 Å². The maximum Gasteiger partial charge on any atom is 0.254 e. The number of nitrogens with zero attached hydrogens (tertiary/aromatic N) is 1. The summed E-state index contributed by atoms with van der Waals surface area (Å²) in [6.07, 6.45) is 2.09. The molecule has 1 amide bonds. The molecule has 0 unspecified atom stereocenters. The fourth-order valence-electron chi connectivity index (χ4n) is 2.00. The number of carbonyl (C=O) groups is 1. The van der Waals surface area contributed by atoms with Crippen LogP contribution in [0.5, 0.6) is 0 Å². The third-order valence-electron chi connectivity index (χ3n) is 2.96. The number of piperidine rings is 1. The van der Waals surface area contributed by atoms with Gasteiger partial charge in [-0.25, -0.2) is 0 Å². The number of carbonyl (C=O) groups excluding carboxylic acids is 1. The minimum absolute atomic E-state index is 0.126. The molecule has 1 aliphatic rings. The van der Waals surface area contributed by atoms with Crippen molar-refractivity contribution in [3.05, 3.63) is 47.5 Å². The van der Waals surface area contributed by atoms with E-state index in [0.717, 1.165) is 30.5 Å². The van der Waals surface area contributed by atoms with Gasteiger partial charge in [-0.05, 0) is 31.9 Å². The molecule has 0 aliphatic carbocycles. The van der Waals surface area contributed by atoms with E-state index in [2.05, 4.69) is 6.58 Å². The normalized spacial score (nSPS) is 16.3. The van der Waals surface area contributed by atoms with E-state index < -0.39 is 0 Å². The lowest BCUT2D eigenvalue weighted by Gasteiger charge is -2.28. The second kappa shape index (κ2) is 4.52. The summed E-state index contributed by atoms with van der Waals surface area (Å²) in [6.45, 7) is 7.55. The molecule has 1 aromatic carbocycles. The van der Waals surface area contributed by atoms with E-state index in [4.69, 9.17) is 0 Å². The molecule has 0 atom stereocenters. The van der Waals surface area contributed by atoms with Crippen molar-refractivity contribution < 1.29 is 4.79 Å². The summed E-state index contributed by atoms with van der Waals surface area (Å²) in [5, 5.41) is 0. The van der Waals surface area contributed by atoms with Crippen LogP contribution in [-0.2, 0) is 0 Å². The van der Waals surface area contributed by atoms with Crippen LogP contribution in [0.2, 0.25) is 0 Å². The van der Waals surface area contributed by atoms with Crippen LogP contribution in [0.3, 0.4) is 0 Å². The Morgan fingerprint density at radius 3 is 2.62 bits per heavy atom. The van der Waals surface area contributed by atoms with Gasteiger partial charge in [-0.2, -0.15) is 0 Å². The minimum Gasteiger partial charge on any atom is -0.335 e. The fourth-order valence-corrected chi connectivity index (χ4v) is 2.00. The third-order valence-corrected chi connectivity index (χ3v) is 2.96. The number of aryl methyl sites for hydroxylation is 1. The van der Waals surface area contributed by atoms with E-state index in [-0.39, 0.29) is 5.91 Å². The average Bonchev–Trinajstić information content (AvgIpc) is 2.29. The van der Waals surface area contributed by atoms with E-state index in [1.54, 1.807) is 0 Å². The van der Waals surface area contributed by atoms with E-state index in [1.807, 2.05) is 36.1 Å². The molecule has 2 nitrogen and oxygen atoms in total. The maximum atomic E-state index is 12.1. The summed E-state index contributed by atoms with van der Waals surface area (Å²) in [5.74, 6) is 0.126. The first-order valence-corrected chi connectivity index (χ1v) is 5.69. The van der Waals surface area contributed by atoms with Crippen LogP contribution < -0.4 is 0 Å². The van der Waals surface area contributed by atoms with Gasteiger partial charge in [-0.3, -0.25) is 4.79 Å². The molecular formula is C14H17NO. The molecule has 2 rings (SSSR count). The van der Waals surface area contributed by atoms with Crippen molar-refractivity contribution >= 4 is 5.91 Å². The van der Waals surface area contributed by atoms with Gasteiger partial charge in [0.2, 0.25) is 0 Å². The van der Waals surface area contributed by atoms with Gasteiger partial charge in [0.05, 0.1) is 0 Å². The number of hydrogen-bond donors (Lipinski definition) is 0. The SMILES string of the molecule is C=C1CCCN(C(=O)c2ccc(C)cc2)C1. The molecule has 1 aliphatic heterocycles. The van der Waals surface area contributed by atoms with Crippen LogP contribution in [-0.4, -0.2) is 23.9 Å². The Labute approximate surface area is 96.6 Å². The van der Waals surface area contributed by atoms with Gasteiger partial charge in [0.1, 0.15) is 0 Å². The Balaban J connectivity index is 2.12. The minimum atomic E-state index is 0.126. The zero-order valence-corrected chi connectivity index (χ0v) is 9.70. The van der Waals surface area contributed by atoms with Crippen LogP contribution in [0.4, 0.5) is 0 Å². The van der Waals surface area contributed by atoms with Crippen molar-refractivity contribution in [1.82, 2.24) is 4.90 Å². The predicted molar refractivity (Wildman–Crippen MR) is 65.5 cm³/mol. The molecule has 84 valence electrons. The van der Waals surface area contributed by atoms with Crippen molar-refractivity contribution in [2.75, 3.05) is 13.1 Å². The van der Waals surface area contributed by atoms with Gasteiger partial charge >= 0.3 is 0 Å². The van der Waals surface area contributed by atoms with Crippen LogP contribution in [0.15, 0.2) is 36.4 Å². The summed E-state index contributed by atoms with van der Waals surface area (Å²) in [4.78, 5) is 14.0. The molecule has 0 bridgehead atoms. The Morgan fingerprint density at radius 2 is 2.00 bits per heavy atom. The zero-order valence-electron chi connectivity index (χ0n) is 9.70. The van der Waals surface area contributed by atoms with E-state index in [9.17, 15) is 4.79 Å². The molecule has 0 saturated carbocycles. The highest BCUT2D eigenvalue weighted by molar-refractivity contribution is 5.94. The van der Waals surface area contributed by atoms with Crippen LogP contribution >= 0.6 is 0 Å². The van der Waals surface area contributed by atoms with Gasteiger partial charge in [-0.15, -0.1) is 0 Å². The Hall–Kier alpha value is -1.57. The number of hydrogen-bond acceptors (Lipinski definition) is 1. The largest absolute Gasteiger partial charge is 0.335 e. The molecule has 1 heterocycles. The first-order valence-electron chi connectivity index (χ1n) is 5.69. The van der Waals surface area contributed by atoms with E-state index in [0.29, 0.717) is 6.54 Å². The van der Waals surface area contributed by atoms with Gasteiger partial charge in [0.15, 0.2) is 0 Å². The number of amides is 1. The number of benzene rings is 1. The molecule has 16 heavy (non-hydrogen) atoms. The zero-order chi connectivity index (χ0) is 11.5. The molecule has 1 fully saturated rings. The van der Waals surface area contributed by atoms with Crippen molar-refractivity contribution in [3.8, 4) is 0 Å². The van der Waals surface area contributed by atoms with Crippen LogP contribution in [0.1, 0.15) is 28.8 Å². The molecule has 1 saturated heterocycles. The lowest BCUT2D eigenvalue weighted by atomic mass is 10.0. The first-order chi connectivity index (χ1) is 7.66. The van der Waals surface area contributed by atoms with Crippen molar-refractivity contribution in [1.29, 1.82) is 0 Å². The lowest BCUT2D eigenvalue weighted by Crippen LogP contribution is -2.36. The highest BCUT2D eigenvalue weighted by atomic mass is 16.2. The second-order valence-corrected chi connectivity index (χ2v) is 4.45. The van der Waals surface area contributed by atoms with E-state index in [1.165, 1.54) is 5.56 Å². The molecule has 2 heteroatoms. The summed E-state index contributed by atoms with van der Waals surface area (Å²) >= 11 is 0. The first kappa shape index (κ1) is 10.9. The van der Waals surface area contributed by atoms with Crippen LogP contribution in [0.25, 0.3) is 0 Å². The Bertz CT molecular complexity index is 405. The van der Waals surface area contributed by atoms with Gasteiger partial charge in [-0.1, -0.05) is 29.8 Å². The van der Waals surface area contributed by atoms with Gasteiger partial charge in [0.25, 0.3) is 5.91 Å². The monoisotopic (exact) mass is 215 g/mol.